The summed E-state index contributed by atoms with van der Waals surface area (Å²) >= 11 is 0. The van der Waals surface area contributed by atoms with E-state index in [1.165, 1.54) is 0 Å². The van der Waals surface area contributed by atoms with Gasteiger partial charge in [0.1, 0.15) is 12.1 Å². The molecule has 3 aromatic rings. The van der Waals surface area contributed by atoms with Crippen LogP contribution in [0.5, 0.6) is 5.75 Å². The second-order valence-electron chi connectivity index (χ2n) is 11.6. The van der Waals surface area contributed by atoms with Gasteiger partial charge in [0.05, 0.1) is 17.0 Å². The van der Waals surface area contributed by atoms with E-state index < -0.39 is 8.32 Å². The summed E-state index contributed by atoms with van der Waals surface area (Å²) in [6.07, 6.45) is 6.65. The number of aryl methyl sites for hydroxylation is 1. The minimum atomic E-state index is -1.99. The van der Waals surface area contributed by atoms with Crippen LogP contribution in [0.25, 0.3) is 16.7 Å². The van der Waals surface area contributed by atoms with Crippen molar-refractivity contribution in [2.24, 2.45) is 0 Å². The zero-order valence-corrected chi connectivity index (χ0v) is 24.2. The van der Waals surface area contributed by atoms with Crippen molar-refractivity contribution in [2.45, 2.75) is 96.7 Å². The molecule has 37 heavy (non-hydrogen) atoms. The Morgan fingerprint density at radius 1 is 1.19 bits per heavy atom. The van der Waals surface area contributed by atoms with Crippen LogP contribution in [0.1, 0.15) is 71.9 Å². The summed E-state index contributed by atoms with van der Waals surface area (Å²) in [5.41, 5.74) is 1.01. The quantitative estimate of drug-likeness (QED) is 0.262. The Balaban J connectivity index is 1.58. The van der Waals surface area contributed by atoms with Gasteiger partial charge in [-0.15, -0.1) is 10.2 Å². The van der Waals surface area contributed by atoms with Crippen LogP contribution in [0.2, 0.25) is 18.1 Å². The molecule has 0 saturated carbocycles. The highest BCUT2D eigenvalue weighted by Crippen LogP contribution is 2.39. The molecule has 1 saturated heterocycles. The number of aromatic nitrogens is 5. The van der Waals surface area contributed by atoms with Gasteiger partial charge in [-0.2, -0.15) is 4.68 Å². The fourth-order valence-corrected chi connectivity index (χ4v) is 5.15. The molecule has 1 aliphatic rings. The molecular formula is C27H43N5O4Si. The molecule has 3 heterocycles. The largest absolute Gasteiger partial charge is 0.543 e. The molecule has 4 rings (SSSR count). The van der Waals surface area contributed by atoms with E-state index in [1.807, 2.05) is 4.68 Å². The molecule has 9 nitrogen and oxygen atoms in total. The van der Waals surface area contributed by atoms with E-state index in [-0.39, 0.29) is 17.4 Å². The van der Waals surface area contributed by atoms with Crippen molar-refractivity contribution in [2.75, 3.05) is 19.8 Å². The minimum absolute atomic E-state index is 0.0843. The molecular weight excluding hydrogens is 486 g/mol. The predicted molar refractivity (Wildman–Crippen MR) is 147 cm³/mol. The molecule has 0 radical (unpaired) electrons. The molecule has 2 atom stereocenters. The molecule has 1 fully saturated rings. The molecule has 1 aromatic carbocycles. The van der Waals surface area contributed by atoms with E-state index in [0.29, 0.717) is 26.1 Å². The topological polar surface area (TPSA) is 96.5 Å². The van der Waals surface area contributed by atoms with Crippen LogP contribution in [0.3, 0.4) is 0 Å². The van der Waals surface area contributed by atoms with Crippen molar-refractivity contribution < 1.29 is 19.0 Å². The number of hydrogen-bond acceptors (Lipinski definition) is 7. The third-order valence-corrected chi connectivity index (χ3v) is 11.7. The van der Waals surface area contributed by atoms with Crippen LogP contribution < -0.4 is 4.43 Å². The predicted octanol–water partition coefficient (Wildman–Crippen LogP) is 5.42. The Labute approximate surface area is 221 Å². The van der Waals surface area contributed by atoms with Gasteiger partial charge in [0.25, 0.3) is 0 Å². The van der Waals surface area contributed by atoms with E-state index in [0.717, 1.165) is 60.6 Å². The van der Waals surface area contributed by atoms with Crippen molar-refractivity contribution in [3.8, 4) is 11.6 Å². The summed E-state index contributed by atoms with van der Waals surface area (Å²) in [7, 11) is -1.99. The first-order valence-electron chi connectivity index (χ1n) is 13.5. The zero-order chi connectivity index (χ0) is 26.6. The van der Waals surface area contributed by atoms with E-state index in [2.05, 4.69) is 57.0 Å². The number of hydrogen-bond donors (Lipinski definition) is 1. The summed E-state index contributed by atoms with van der Waals surface area (Å²) in [6.45, 7) is 15.0. The number of rotatable bonds is 11. The maximum absolute atomic E-state index is 9.34. The van der Waals surface area contributed by atoms with Crippen LogP contribution in [0, 0.1) is 0 Å². The summed E-state index contributed by atoms with van der Waals surface area (Å²) in [5.74, 6) is 2.35. The Bertz CT molecular complexity index is 1160. The molecule has 204 valence electrons. The van der Waals surface area contributed by atoms with Gasteiger partial charge in [-0.3, -0.25) is 0 Å². The van der Waals surface area contributed by atoms with Gasteiger partial charge >= 0.3 is 0 Å². The lowest BCUT2D eigenvalue weighted by Gasteiger charge is -2.36. The van der Waals surface area contributed by atoms with Crippen molar-refractivity contribution >= 4 is 19.2 Å². The molecule has 1 aliphatic heterocycles. The van der Waals surface area contributed by atoms with Crippen molar-refractivity contribution in [1.82, 2.24) is 24.5 Å². The standard InChI is InChI=1S/C27H43N5O4Si/c1-20(33)14-17-34-15-9-10-24-28-19-31(29-24)26-22-18-21(36-37(5,6)27(2,3)4)12-13-23(22)32(30-26)25-11-7-8-16-35-25/h12-13,18-20,25,33H,7-11,14-17H2,1-6H3. The lowest BCUT2D eigenvalue weighted by atomic mass is 10.2. The van der Waals surface area contributed by atoms with Gasteiger partial charge in [-0.1, -0.05) is 20.8 Å². The average Bonchev–Trinajstić information content (AvgIpc) is 3.45. The molecule has 0 aliphatic carbocycles. The van der Waals surface area contributed by atoms with Crippen LogP contribution in [0.15, 0.2) is 24.5 Å². The highest BCUT2D eigenvalue weighted by atomic mass is 28.4. The molecule has 0 spiro atoms. The summed E-state index contributed by atoms with van der Waals surface area (Å²) in [5, 5.41) is 20.1. The molecule has 0 amide bonds. The highest BCUT2D eigenvalue weighted by Gasteiger charge is 2.39. The minimum Gasteiger partial charge on any atom is -0.543 e. The first-order valence-corrected chi connectivity index (χ1v) is 16.5. The number of fused-ring (bicyclic) bond motifs is 1. The van der Waals surface area contributed by atoms with E-state index >= 15 is 0 Å². The van der Waals surface area contributed by atoms with Gasteiger partial charge < -0.3 is 19.0 Å². The third-order valence-electron chi connectivity index (χ3n) is 7.39. The first kappa shape index (κ1) is 27.8. The van der Waals surface area contributed by atoms with Gasteiger partial charge in [0.2, 0.25) is 8.32 Å². The highest BCUT2D eigenvalue weighted by molar-refractivity contribution is 6.74. The second kappa shape index (κ2) is 11.6. The summed E-state index contributed by atoms with van der Waals surface area (Å²) < 4.78 is 22.1. The third kappa shape index (κ3) is 6.79. The average molecular weight is 530 g/mol. The lowest BCUT2D eigenvalue weighted by Crippen LogP contribution is -2.43. The van der Waals surface area contributed by atoms with Crippen LogP contribution in [-0.4, -0.2) is 63.9 Å². The summed E-state index contributed by atoms with van der Waals surface area (Å²) in [6, 6.07) is 6.24. The first-order chi connectivity index (χ1) is 17.5. The Morgan fingerprint density at radius 3 is 2.70 bits per heavy atom. The van der Waals surface area contributed by atoms with E-state index in [9.17, 15) is 5.11 Å². The molecule has 2 aromatic heterocycles. The van der Waals surface area contributed by atoms with Crippen molar-refractivity contribution in [3.63, 3.8) is 0 Å². The Kier molecular flexibility index (Phi) is 8.73. The maximum Gasteiger partial charge on any atom is 0.250 e. The smallest absolute Gasteiger partial charge is 0.250 e. The van der Waals surface area contributed by atoms with E-state index in [4.69, 9.17) is 24.1 Å². The molecule has 10 heteroatoms. The number of nitrogens with zero attached hydrogens (tertiary/aromatic N) is 5. The fraction of sp³-hybridized carbons (Fsp3) is 0.667. The second-order valence-corrected chi connectivity index (χ2v) is 16.3. The summed E-state index contributed by atoms with van der Waals surface area (Å²) in [4.78, 5) is 4.53. The van der Waals surface area contributed by atoms with Crippen molar-refractivity contribution in [1.29, 1.82) is 0 Å². The van der Waals surface area contributed by atoms with Gasteiger partial charge in [-0.25, -0.2) is 9.67 Å². The van der Waals surface area contributed by atoms with Gasteiger partial charge in [0.15, 0.2) is 17.9 Å². The lowest BCUT2D eigenvalue weighted by molar-refractivity contribution is -0.0367. The number of aliphatic hydroxyl groups excluding tert-OH is 1. The molecule has 0 bridgehead atoms. The van der Waals surface area contributed by atoms with Gasteiger partial charge in [0, 0.05) is 26.2 Å². The van der Waals surface area contributed by atoms with Crippen LogP contribution in [0.4, 0.5) is 0 Å². The fourth-order valence-electron chi connectivity index (χ4n) is 4.12. The van der Waals surface area contributed by atoms with E-state index in [1.54, 1.807) is 17.9 Å². The van der Waals surface area contributed by atoms with Crippen LogP contribution >= 0.6 is 0 Å². The molecule has 2 unspecified atom stereocenters. The SMILES string of the molecule is CC(O)CCOCCCc1ncn(-c2nn(C3CCCCO3)c3ccc(O[Si](C)(C)C(C)(C)C)cc23)n1. The molecule has 1 N–H and O–H groups in total. The number of aliphatic hydroxyl groups is 1. The zero-order valence-electron chi connectivity index (χ0n) is 23.2. The normalized spacial score (nSPS) is 17.9. The number of benzene rings is 1. The number of ether oxygens (including phenoxy) is 2. The maximum atomic E-state index is 9.34. The van der Waals surface area contributed by atoms with Crippen LogP contribution in [-0.2, 0) is 15.9 Å². The Hall–Kier alpha value is -2.27. The van der Waals surface area contributed by atoms with Gasteiger partial charge in [-0.05, 0) is 75.4 Å². The monoisotopic (exact) mass is 529 g/mol. The van der Waals surface area contributed by atoms with Crippen molar-refractivity contribution in [3.05, 3.63) is 30.4 Å². The Morgan fingerprint density at radius 2 is 2.00 bits per heavy atom.